The minimum Gasteiger partial charge on any atom is -0.493 e. The van der Waals surface area contributed by atoms with Crippen molar-refractivity contribution in [2.24, 2.45) is 0 Å². The first kappa shape index (κ1) is 20.6. The van der Waals surface area contributed by atoms with E-state index in [0.717, 1.165) is 47.4 Å². The van der Waals surface area contributed by atoms with Crippen molar-refractivity contribution in [3.05, 3.63) is 59.2 Å². The number of hydrogen-bond acceptors (Lipinski definition) is 3. The zero-order chi connectivity index (χ0) is 19.6. The second-order valence-electron chi connectivity index (χ2n) is 6.56. The van der Waals surface area contributed by atoms with Crippen LogP contribution < -0.4 is 14.8 Å². The largest absolute Gasteiger partial charge is 0.493 e. The molecule has 0 atom stereocenters. The molecule has 2 rings (SSSR count). The molecule has 0 bridgehead atoms. The monoisotopic (exact) mass is 367 g/mol. The van der Waals surface area contributed by atoms with Gasteiger partial charge in [-0.3, -0.25) is 4.79 Å². The van der Waals surface area contributed by atoms with Crippen LogP contribution in [0.5, 0.6) is 11.5 Å². The summed E-state index contributed by atoms with van der Waals surface area (Å²) in [7, 11) is 1.62. The zero-order valence-electron chi connectivity index (χ0n) is 16.7. The molecule has 0 unspecified atom stereocenters. The van der Waals surface area contributed by atoms with Crippen LogP contribution in [0.3, 0.4) is 0 Å². The number of methoxy groups -OCH3 is 1. The molecular formula is C23H29NO3. The molecule has 0 heterocycles. The Balaban J connectivity index is 2.02. The smallest absolute Gasteiger partial charge is 0.248 e. The van der Waals surface area contributed by atoms with Gasteiger partial charge in [0.25, 0.3) is 0 Å². The van der Waals surface area contributed by atoms with Crippen LogP contribution in [0.25, 0.3) is 6.08 Å². The number of aryl methyl sites for hydroxylation is 2. The summed E-state index contributed by atoms with van der Waals surface area (Å²) in [5.74, 6) is 1.24. The van der Waals surface area contributed by atoms with Gasteiger partial charge >= 0.3 is 0 Å². The van der Waals surface area contributed by atoms with Gasteiger partial charge in [-0.25, -0.2) is 0 Å². The lowest BCUT2D eigenvalue weighted by molar-refractivity contribution is -0.111. The number of carbonyl (C=O) groups excluding carboxylic acids is 1. The number of rotatable bonds is 9. The summed E-state index contributed by atoms with van der Waals surface area (Å²) in [6, 6.07) is 11.6. The van der Waals surface area contributed by atoms with Crippen LogP contribution in [0.1, 0.15) is 42.9 Å². The van der Waals surface area contributed by atoms with E-state index < -0.39 is 0 Å². The Morgan fingerprint density at radius 2 is 1.81 bits per heavy atom. The van der Waals surface area contributed by atoms with Crippen LogP contribution in [-0.2, 0) is 4.79 Å². The summed E-state index contributed by atoms with van der Waals surface area (Å²) >= 11 is 0. The van der Waals surface area contributed by atoms with Crippen molar-refractivity contribution in [1.82, 2.24) is 0 Å². The molecule has 2 aromatic rings. The molecular weight excluding hydrogens is 338 g/mol. The molecule has 1 N–H and O–H groups in total. The number of para-hydroxylation sites is 1. The van der Waals surface area contributed by atoms with Crippen molar-refractivity contribution in [3.8, 4) is 11.5 Å². The highest BCUT2D eigenvalue weighted by atomic mass is 16.5. The van der Waals surface area contributed by atoms with E-state index in [1.165, 1.54) is 6.08 Å². The molecule has 27 heavy (non-hydrogen) atoms. The summed E-state index contributed by atoms with van der Waals surface area (Å²) in [4.78, 5) is 12.3. The third-order valence-corrected chi connectivity index (χ3v) is 4.35. The van der Waals surface area contributed by atoms with Crippen molar-refractivity contribution in [1.29, 1.82) is 0 Å². The molecule has 4 nitrogen and oxygen atoms in total. The van der Waals surface area contributed by atoms with Gasteiger partial charge in [0.05, 0.1) is 13.7 Å². The van der Waals surface area contributed by atoms with E-state index in [0.29, 0.717) is 12.4 Å². The predicted molar refractivity (Wildman–Crippen MR) is 112 cm³/mol. The second-order valence-corrected chi connectivity index (χ2v) is 6.56. The van der Waals surface area contributed by atoms with Gasteiger partial charge in [-0.15, -0.1) is 0 Å². The average Bonchev–Trinajstić information content (AvgIpc) is 2.67. The topological polar surface area (TPSA) is 47.6 Å². The van der Waals surface area contributed by atoms with Gasteiger partial charge in [0.2, 0.25) is 5.91 Å². The number of amides is 1. The molecule has 0 saturated heterocycles. The van der Waals surface area contributed by atoms with Crippen LogP contribution in [0.2, 0.25) is 0 Å². The Labute approximate surface area is 162 Å². The number of carbonyl (C=O) groups is 1. The maximum atomic E-state index is 12.3. The van der Waals surface area contributed by atoms with Gasteiger partial charge in [0.15, 0.2) is 11.5 Å². The second kappa shape index (κ2) is 10.4. The maximum Gasteiger partial charge on any atom is 0.248 e. The number of anilines is 1. The van der Waals surface area contributed by atoms with E-state index in [9.17, 15) is 4.79 Å². The van der Waals surface area contributed by atoms with Crippen molar-refractivity contribution < 1.29 is 14.3 Å². The molecule has 0 radical (unpaired) electrons. The summed E-state index contributed by atoms with van der Waals surface area (Å²) in [5.41, 5.74) is 3.83. The SMILES string of the molecule is CCCCCOc1ccc(/C=C/C(=O)Nc2c(C)cccc2C)cc1OC. The average molecular weight is 367 g/mol. The number of benzene rings is 2. The molecule has 0 aliphatic rings. The van der Waals surface area contributed by atoms with Crippen molar-refractivity contribution in [2.75, 3.05) is 19.0 Å². The molecule has 0 aromatic heterocycles. The Bertz CT molecular complexity index is 776. The maximum absolute atomic E-state index is 12.3. The first-order valence-corrected chi connectivity index (χ1v) is 9.41. The third-order valence-electron chi connectivity index (χ3n) is 4.35. The van der Waals surface area contributed by atoms with Crippen LogP contribution in [0.4, 0.5) is 5.69 Å². The summed E-state index contributed by atoms with van der Waals surface area (Å²) in [5, 5.41) is 2.95. The van der Waals surface area contributed by atoms with Gasteiger partial charge in [-0.2, -0.15) is 0 Å². The quantitative estimate of drug-likeness (QED) is 0.468. The lowest BCUT2D eigenvalue weighted by Gasteiger charge is -2.11. The molecule has 0 saturated carbocycles. The summed E-state index contributed by atoms with van der Waals surface area (Å²) in [6.07, 6.45) is 6.64. The Morgan fingerprint density at radius 3 is 2.48 bits per heavy atom. The van der Waals surface area contributed by atoms with E-state index >= 15 is 0 Å². The van der Waals surface area contributed by atoms with Crippen LogP contribution in [0.15, 0.2) is 42.5 Å². The van der Waals surface area contributed by atoms with E-state index in [-0.39, 0.29) is 5.91 Å². The zero-order valence-corrected chi connectivity index (χ0v) is 16.7. The first-order chi connectivity index (χ1) is 13.0. The molecule has 0 aliphatic heterocycles. The lowest BCUT2D eigenvalue weighted by Crippen LogP contribution is -2.10. The Kier molecular flexibility index (Phi) is 7.93. The van der Waals surface area contributed by atoms with Gasteiger partial charge < -0.3 is 14.8 Å². The normalized spacial score (nSPS) is 10.8. The van der Waals surface area contributed by atoms with E-state index in [4.69, 9.17) is 9.47 Å². The van der Waals surface area contributed by atoms with E-state index in [1.807, 2.05) is 50.2 Å². The lowest BCUT2D eigenvalue weighted by atomic mass is 10.1. The molecule has 4 heteroatoms. The molecule has 144 valence electrons. The number of nitrogens with one attached hydrogen (secondary N) is 1. The number of hydrogen-bond donors (Lipinski definition) is 1. The standard InChI is InChI=1S/C23H29NO3/c1-5-6-7-15-27-20-13-11-19(16-21(20)26-4)12-14-22(25)24-23-17(2)9-8-10-18(23)3/h8-14,16H,5-7,15H2,1-4H3,(H,24,25)/b14-12+. The molecule has 2 aromatic carbocycles. The Hall–Kier alpha value is -2.75. The van der Waals surface area contributed by atoms with E-state index in [2.05, 4.69) is 12.2 Å². The Morgan fingerprint density at radius 1 is 1.07 bits per heavy atom. The predicted octanol–water partition coefficient (Wildman–Crippen LogP) is 5.53. The number of unbranched alkanes of at least 4 members (excludes halogenated alkanes) is 2. The molecule has 0 aliphatic carbocycles. The van der Waals surface area contributed by atoms with Crippen molar-refractivity contribution in [2.45, 2.75) is 40.0 Å². The molecule has 0 fully saturated rings. The van der Waals surface area contributed by atoms with Gasteiger partial charge in [-0.1, -0.05) is 44.0 Å². The highest BCUT2D eigenvalue weighted by Crippen LogP contribution is 2.29. The van der Waals surface area contributed by atoms with Gasteiger partial charge in [-0.05, 0) is 55.2 Å². The van der Waals surface area contributed by atoms with Crippen LogP contribution >= 0.6 is 0 Å². The highest BCUT2D eigenvalue weighted by Gasteiger charge is 2.07. The fourth-order valence-corrected chi connectivity index (χ4v) is 2.79. The number of ether oxygens (including phenoxy) is 2. The highest BCUT2D eigenvalue weighted by molar-refractivity contribution is 6.02. The van der Waals surface area contributed by atoms with Crippen molar-refractivity contribution >= 4 is 17.7 Å². The summed E-state index contributed by atoms with van der Waals surface area (Å²) < 4.78 is 11.2. The molecule has 1 amide bonds. The first-order valence-electron chi connectivity index (χ1n) is 9.41. The van der Waals surface area contributed by atoms with Gasteiger partial charge in [0, 0.05) is 11.8 Å². The fourth-order valence-electron chi connectivity index (χ4n) is 2.79. The minimum absolute atomic E-state index is 0.161. The van der Waals surface area contributed by atoms with Gasteiger partial charge in [0.1, 0.15) is 0 Å². The summed E-state index contributed by atoms with van der Waals surface area (Å²) in [6.45, 7) is 6.81. The van der Waals surface area contributed by atoms with Crippen LogP contribution in [-0.4, -0.2) is 19.6 Å². The fraction of sp³-hybridized carbons (Fsp3) is 0.348. The van der Waals surface area contributed by atoms with E-state index in [1.54, 1.807) is 13.2 Å². The minimum atomic E-state index is -0.161. The third kappa shape index (κ3) is 6.17. The van der Waals surface area contributed by atoms with Crippen molar-refractivity contribution in [3.63, 3.8) is 0 Å². The molecule has 0 spiro atoms. The van der Waals surface area contributed by atoms with Crippen LogP contribution in [0, 0.1) is 13.8 Å².